The van der Waals surface area contributed by atoms with Crippen LogP contribution < -0.4 is 0 Å². The third kappa shape index (κ3) is 6.90. The molecule has 0 atom stereocenters. The van der Waals surface area contributed by atoms with Crippen LogP contribution in [-0.2, 0) is 17.5 Å². The summed E-state index contributed by atoms with van der Waals surface area (Å²) in [5, 5.41) is 0. The molecule has 0 bridgehead atoms. The highest BCUT2D eigenvalue weighted by molar-refractivity contribution is 5.93. The number of fused-ring (bicyclic) bond motifs is 1. The van der Waals surface area contributed by atoms with Crippen LogP contribution in [0.1, 0.15) is 54.6 Å². The van der Waals surface area contributed by atoms with Gasteiger partial charge in [0.1, 0.15) is 11.1 Å². The first kappa shape index (κ1) is 28.7. The van der Waals surface area contributed by atoms with Crippen molar-refractivity contribution < 1.29 is 31.9 Å². The standard InChI is InChI=1S/C30H33F3N4O4/c1-29(2,3)41-28(39)37-12-10-21(11-13-37)22-6-9-25-24(18-22)34-26(40-25)27(38)36-16-14-35(15-17-36)19-20-4-7-23(8-5-20)30(31,32)33/h4-10,18H,11-17,19H2,1-3H3. The number of nitrogens with zero attached hydrogens (tertiary/aromatic N) is 4. The Balaban J connectivity index is 1.17. The Hall–Kier alpha value is -3.86. The third-order valence-electron chi connectivity index (χ3n) is 7.15. The normalized spacial score (nSPS) is 17.1. The van der Waals surface area contributed by atoms with Gasteiger partial charge in [0.2, 0.25) is 0 Å². The maximum Gasteiger partial charge on any atom is 0.416 e. The second-order valence-corrected chi connectivity index (χ2v) is 11.4. The molecule has 2 amide bonds. The van der Waals surface area contributed by atoms with E-state index in [1.807, 2.05) is 39.0 Å². The van der Waals surface area contributed by atoms with Crippen molar-refractivity contribution in [2.75, 3.05) is 39.3 Å². The smallest absolute Gasteiger partial charge is 0.416 e. The number of hydrogen-bond donors (Lipinski definition) is 0. The van der Waals surface area contributed by atoms with E-state index in [0.717, 1.165) is 28.8 Å². The summed E-state index contributed by atoms with van der Waals surface area (Å²) in [6, 6.07) is 10.8. The van der Waals surface area contributed by atoms with Gasteiger partial charge in [0.25, 0.3) is 5.89 Å². The maximum absolute atomic E-state index is 13.1. The van der Waals surface area contributed by atoms with Crippen LogP contribution in [0.2, 0.25) is 0 Å². The first-order valence-corrected chi connectivity index (χ1v) is 13.6. The molecule has 0 N–H and O–H groups in total. The average Bonchev–Trinajstić information content (AvgIpc) is 3.36. The predicted octanol–water partition coefficient (Wildman–Crippen LogP) is 5.83. The van der Waals surface area contributed by atoms with E-state index < -0.39 is 17.3 Å². The fourth-order valence-corrected chi connectivity index (χ4v) is 4.94. The van der Waals surface area contributed by atoms with Crippen molar-refractivity contribution in [2.24, 2.45) is 0 Å². The second kappa shape index (κ2) is 11.2. The fraction of sp³-hybridized carbons (Fsp3) is 0.433. The topological polar surface area (TPSA) is 79.1 Å². The molecule has 2 aromatic carbocycles. The van der Waals surface area contributed by atoms with E-state index in [0.29, 0.717) is 63.3 Å². The second-order valence-electron chi connectivity index (χ2n) is 11.4. The van der Waals surface area contributed by atoms with Crippen molar-refractivity contribution in [3.63, 3.8) is 0 Å². The molecule has 11 heteroatoms. The first-order valence-electron chi connectivity index (χ1n) is 13.6. The van der Waals surface area contributed by atoms with Crippen molar-refractivity contribution >= 4 is 28.7 Å². The average molecular weight is 571 g/mol. The Labute approximate surface area is 236 Å². The molecule has 5 rings (SSSR count). The van der Waals surface area contributed by atoms with E-state index in [1.165, 1.54) is 12.1 Å². The number of rotatable bonds is 4. The third-order valence-corrected chi connectivity index (χ3v) is 7.15. The van der Waals surface area contributed by atoms with Gasteiger partial charge in [-0.25, -0.2) is 9.78 Å². The molecular weight excluding hydrogens is 537 g/mol. The van der Waals surface area contributed by atoms with Crippen LogP contribution in [0.3, 0.4) is 0 Å². The molecule has 0 aliphatic carbocycles. The van der Waals surface area contributed by atoms with Crippen LogP contribution in [0.4, 0.5) is 18.0 Å². The van der Waals surface area contributed by atoms with Gasteiger partial charge in [-0.2, -0.15) is 13.2 Å². The molecule has 218 valence electrons. The van der Waals surface area contributed by atoms with Crippen LogP contribution in [0.25, 0.3) is 16.7 Å². The summed E-state index contributed by atoms with van der Waals surface area (Å²) in [5.74, 6) is -0.260. The number of aromatic nitrogens is 1. The predicted molar refractivity (Wildman–Crippen MR) is 147 cm³/mol. The van der Waals surface area contributed by atoms with Gasteiger partial charge in [-0.1, -0.05) is 24.3 Å². The lowest BCUT2D eigenvalue weighted by molar-refractivity contribution is -0.137. The molecule has 1 aromatic heterocycles. The molecule has 0 radical (unpaired) electrons. The number of ether oxygens (including phenoxy) is 1. The summed E-state index contributed by atoms with van der Waals surface area (Å²) in [7, 11) is 0. The Morgan fingerprint density at radius 1 is 0.951 bits per heavy atom. The van der Waals surface area contributed by atoms with Crippen molar-refractivity contribution in [3.8, 4) is 0 Å². The molecule has 41 heavy (non-hydrogen) atoms. The minimum absolute atomic E-state index is 0.0297. The SMILES string of the molecule is CC(C)(C)OC(=O)N1CC=C(c2ccc3oc(C(=O)N4CCN(Cc5ccc(C(F)(F)F)cc5)CC4)nc3c2)CC1. The largest absolute Gasteiger partial charge is 0.444 e. The Morgan fingerprint density at radius 3 is 2.27 bits per heavy atom. The van der Waals surface area contributed by atoms with Gasteiger partial charge in [-0.3, -0.25) is 9.69 Å². The van der Waals surface area contributed by atoms with Crippen LogP contribution in [0.5, 0.6) is 0 Å². The van der Waals surface area contributed by atoms with Gasteiger partial charge in [0.15, 0.2) is 5.58 Å². The number of hydrogen-bond acceptors (Lipinski definition) is 6. The Bertz CT molecular complexity index is 1450. The molecule has 1 saturated heterocycles. The van der Waals surface area contributed by atoms with Crippen LogP contribution in [0, 0.1) is 0 Å². The number of halogens is 3. The molecule has 0 unspecified atom stereocenters. The van der Waals surface area contributed by atoms with Crippen molar-refractivity contribution in [1.29, 1.82) is 0 Å². The quantitative estimate of drug-likeness (QED) is 0.393. The summed E-state index contributed by atoms with van der Waals surface area (Å²) in [6.07, 6.45) is -2.01. The van der Waals surface area contributed by atoms with Gasteiger partial charge in [-0.05, 0) is 68.2 Å². The lowest BCUT2D eigenvalue weighted by Crippen LogP contribution is -2.48. The number of carbonyl (C=O) groups excluding carboxylic acids is 2. The maximum atomic E-state index is 13.1. The first-order chi connectivity index (χ1) is 19.4. The molecule has 0 spiro atoms. The van der Waals surface area contributed by atoms with Gasteiger partial charge < -0.3 is 19.0 Å². The molecule has 1 fully saturated rings. The van der Waals surface area contributed by atoms with Gasteiger partial charge >= 0.3 is 18.2 Å². The Kier molecular flexibility index (Phi) is 7.83. The van der Waals surface area contributed by atoms with Gasteiger partial charge in [-0.15, -0.1) is 0 Å². The highest BCUT2D eigenvalue weighted by atomic mass is 19.4. The van der Waals surface area contributed by atoms with Gasteiger partial charge in [0, 0.05) is 45.8 Å². The van der Waals surface area contributed by atoms with E-state index in [2.05, 4.69) is 9.88 Å². The van der Waals surface area contributed by atoms with E-state index >= 15 is 0 Å². The zero-order chi connectivity index (χ0) is 29.4. The lowest BCUT2D eigenvalue weighted by atomic mass is 9.99. The van der Waals surface area contributed by atoms with Gasteiger partial charge in [0.05, 0.1) is 5.56 Å². The highest BCUT2D eigenvalue weighted by Gasteiger charge is 2.30. The monoisotopic (exact) mass is 570 g/mol. The lowest BCUT2D eigenvalue weighted by Gasteiger charge is -2.34. The number of benzene rings is 2. The molecule has 2 aliphatic rings. The van der Waals surface area contributed by atoms with E-state index in [4.69, 9.17) is 9.15 Å². The molecule has 3 heterocycles. The number of piperazine rings is 1. The van der Waals surface area contributed by atoms with E-state index in [9.17, 15) is 22.8 Å². The Morgan fingerprint density at radius 2 is 1.66 bits per heavy atom. The highest BCUT2D eigenvalue weighted by Crippen LogP contribution is 2.30. The fourth-order valence-electron chi connectivity index (χ4n) is 4.94. The van der Waals surface area contributed by atoms with Crippen molar-refractivity contribution in [1.82, 2.24) is 19.7 Å². The number of alkyl halides is 3. The molecule has 3 aromatic rings. The minimum atomic E-state index is -4.35. The number of amides is 2. The number of oxazole rings is 1. The molecule has 2 aliphatic heterocycles. The van der Waals surface area contributed by atoms with E-state index in [1.54, 1.807) is 15.9 Å². The summed E-state index contributed by atoms with van der Waals surface area (Å²) in [5.41, 5.74) is 2.74. The zero-order valence-corrected chi connectivity index (χ0v) is 23.3. The zero-order valence-electron chi connectivity index (χ0n) is 23.3. The summed E-state index contributed by atoms with van der Waals surface area (Å²) in [4.78, 5) is 35.4. The summed E-state index contributed by atoms with van der Waals surface area (Å²) in [6.45, 7) is 9.14. The van der Waals surface area contributed by atoms with Crippen LogP contribution in [0.15, 0.2) is 53.0 Å². The minimum Gasteiger partial charge on any atom is -0.444 e. The van der Waals surface area contributed by atoms with Crippen LogP contribution >= 0.6 is 0 Å². The summed E-state index contributed by atoms with van der Waals surface area (Å²) >= 11 is 0. The van der Waals surface area contributed by atoms with Crippen molar-refractivity contribution in [3.05, 3.63) is 71.1 Å². The van der Waals surface area contributed by atoms with Crippen LogP contribution in [-0.4, -0.2) is 76.6 Å². The molecule has 8 nitrogen and oxygen atoms in total. The van der Waals surface area contributed by atoms with E-state index in [-0.39, 0.29) is 17.9 Å². The molecular formula is C30H33F3N4O4. The molecule has 0 saturated carbocycles. The number of carbonyl (C=O) groups is 2. The van der Waals surface area contributed by atoms with Crippen molar-refractivity contribution in [2.45, 2.75) is 45.5 Å². The summed E-state index contributed by atoms with van der Waals surface area (Å²) < 4.78 is 49.7.